The number of halogens is 3. The van der Waals surface area contributed by atoms with Gasteiger partial charge in [0.1, 0.15) is 28.3 Å². The molecule has 44 heavy (non-hydrogen) atoms. The van der Waals surface area contributed by atoms with Gasteiger partial charge >= 0.3 is 12.3 Å². The first-order chi connectivity index (χ1) is 20.6. The maximum absolute atomic E-state index is 14.5. The molecule has 1 saturated carbocycles. The Hall–Kier alpha value is -4.37. The van der Waals surface area contributed by atoms with Crippen molar-refractivity contribution in [3.8, 4) is 17.2 Å². The maximum Gasteiger partial charge on any atom is 0.435 e. The molecule has 1 fully saturated rings. The Bertz CT molecular complexity index is 1760. The number of furan rings is 1. The molecule has 0 spiro atoms. The molecular formula is C32H34F3N5O4. The van der Waals surface area contributed by atoms with Gasteiger partial charge in [-0.05, 0) is 75.3 Å². The summed E-state index contributed by atoms with van der Waals surface area (Å²) in [6.45, 7) is 8.91. The summed E-state index contributed by atoms with van der Waals surface area (Å²) < 4.78 is 55.8. The predicted octanol–water partition coefficient (Wildman–Crippen LogP) is 7.01. The van der Waals surface area contributed by atoms with Gasteiger partial charge in [-0.2, -0.15) is 28.2 Å². The van der Waals surface area contributed by atoms with Crippen molar-refractivity contribution < 1.29 is 31.9 Å². The van der Waals surface area contributed by atoms with E-state index in [1.165, 1.54) is 18.3 Å². The van der Waals surface area contributed by atoms with Crippen LogP contribution in [0.25, 0.3) is 33.1 Å². The van der Waals surface area contributed by atoms with E-state index in [0.29, 0.717) is 34.8 Å². The lowest BCUT2D eigenvalue weighted by Crippen LogP contribution is -2.52. The molecule has 2 heterocycles. The molecule has 0 bridgehead atoms. The molecule has 2 aromatic heterocycles. The average molecular weight is 610 g/mol. The topological polar surface area (TPSA) is 122 Å². The van der Waals surface area contributed by atoms with Gasteiger partial charge in [0.15, 0.2) is 0 Å². The number of nitriles is 1. The Labute approximate surface area is 252 Å². The molecule has 0 radical (unpaired) electrons. The summed E-state index contributed by atoms with van der Waals surface area (Å²) in [4.78, 5) is 25.4. The van der Waals surface area contributed by atoms with Crippen LogP contribution >= 0.6 is 0 Å². The zero-order valence-electron chi connectivity index (χ0n) is 25.1. The Kier molecular flexibility index (Phi) is 7.97. The van der Waals surface area contributed by atoms with Crippen molar-refractivity contribution in [3.05, 3.63) is 54.4 Å². The minimum absolute atomic E-state index is 0.0762. The van der Waals surface area contributed by atoms with Gasteiger partial charge in [0, 0.05) is 22.5 Å². The maximum atomic E-state index is 14.5. The Balaban J connectivity index is 1.44. The summed E-state index contributed by atoms with van der Waals surface area (Å²) in [6, 6.07) is 8.31. The molecule has 232 valence electrons. The Morgan fingerprint density at radius 3 is 2.43 bits per heavy atom. The molecule has 9 nitrogen and oxygen atoms in total. The molecule has 1 aliphatic rings. The lowest BCUT2D eigenvalue weighted by atomic mass is 9.98. The minimum atomic E-state index is -4.72. The predicted molar refractivity (Wildman–Crippen MR) is 157 cm³/mol. The second kappa shape index (κ2) is 11.3. The van der Waals surface area contributed by atoms with Gasteiger partial charge in [0.25, 0.3) is 0 Å². The van der Waals surface area contributed by atoms with Crippen LogP contribution in [-0.4, -0.2) is 45.1 Å². The number of carbonyl (C=O) groups is 2. The average Bonchev–Trinajstić information content (AvgIpc) is 3.35. The number of fused-ring (bicyclic) bond motifs is 3. The third-order valence-electron chi connectivity index (χ3n) is 7.37. The molecule has 1 aliphatic carbocycles. The van der Waals surface area contributed by atoms with E-state index in [0.717, 1.165) is 10.2 Å². The number of hydrogen-bond acceptors (Lipinski definition) is 7. The van der Waals surface area contributed by atoms with E-state index in [1.54, 1.807) is 45.2 Å². The first-order valence-corrected chi connectivity index (χ1v) is 14.4. The van der Waals surface area contributed by atoms with Gasteiger partial charge in [-0.3, -0.25) is 10.1 Å². The van der Waals surface area contributed by atoms with Crippen molar-refractivity contribution in [1.82, 2.24) is 20.4 Å². The lowest BCUT2D eigenvalue weighted by molar-refractivity contribution is -0.161. The highest BCUT2D eigenvalue weighted by Crippen LogP contribution is 2.39. The van der Waals surface area contributed by atoms with Crippen LogP contribution in [0.3, 0.4) is 0 Å². The van der Waals surface area contributed by atoms with Crippen LogP contribution < -0.4 is 10.6 Å². The Morgan fingerprint density at radius 2 is 1.82 bits per heavy atom. The normalized spacial score (nSPS) is 16.1. The van der Waals surface area contributed by atoms with Gasteiger partial charge in [-0.1, -0.05) is 32.0 Å². The number of benzene rings is 2. The Morgan fingerprint density at radius 1 is 1.09 bits per heavy atom. The van der Waals surface area contributed by atoms with E-state index in [9.17, 15) is 28.0 Å². The molecule has 5 rings (SSSR count). The number of rotatable bonds is 8. The minimum Gasteiger partial charge on any atom is -0.456 e. The molecule has 0 saturated heterocycles. The molecule has 2 N–H and O–H groups in total. The smallest absolute Gasteiger partial charge is 0.435 e. The third kappa shape index (κ3) is 6.73. The zero-order valence-corrected chi connectivity index (χ0v) is 25.1. The summed E-state index contributed by atoms with van der Waals surface area (Å²) in [6.07, 6.45) is -1.17. The monoisotopic (exact) mass is 609 g/mol. The lowest BCUT2D eigenvalue weighted by Gasteiger charge is -2.29. The standard InChI is InChI=1S/C32H34F3N5O4/c1-18(2)12-24(28(41)39-31(17-36)10-11-31)38-27(32(33,34)35)20-6-8-22-23-13-19(7-9-25(23)43-26(22)14-20)21-15-37-40(16-21)29(42)44-30(3,4)5/h6-9,13-16,18,24,27,38H,10-12H2,1-5H3,(H,39,41)/t24-,27-/m0/s1. The van der Waals surface area contributed by atoms with Crippen LogP contribution in [-0.2, 0) is 9.53 Å². The SMILES string of the molecule is CC(C)C[C@H](N[C@@H](c1ccc2c(c1)oc1ccc(-c3cnn(C(=O)OC(C)(C)C)c3)cc12)C(F)(F)F)C(=O)NC1(C#N)CC1. The molecule has 0 unspecified atom stereocenters. The number of nitrogens with one attached hydrogen (secondary N) is 2. The van der Waals surface area contributed by atoms with E-state index >= 15 is 0 Å². The van der Waals surface area contributed by atoms with Gasteiger partial charge in [0.2, 0.25) is 5.91 Å². The fraction of sp³-hybridized carbons (Fsp3) is 0.438. The van der Waals surface area contributed by atoms with Crippen molar-refractivity contribution >= 4 is 33.9 Å². The van der Waals surface area contributed by atoms with Crippen molar-refractivity contribution in [1.29, 1.82) is 5.26 Å². The number of amides is 1. The molecule has 1 amide bonds. The number of aromatic nitrogens is 2. The van der Waals surface area contributed by atoms with Crippen LogP contribution in [0.5, 0.6) is 0 Å². The van der Waals surface area contributed by atoms with E-state index in [1.807, 2.05) is 26.0 Å². The molecule has 12 heteroatoms. The molecule has 0 aliphatic heterocycles. The molecule has 2 atom stereocenters. The quantitative estimate of drug-likeness (QED) is 0.220. The number of ether oxygens (including phenoxy) is 1. The molecular weight excluding hydrogens is 575 g/mol. The highest BCUT2D eigenvalue weighted by atomic mass is 19.4. The van der Waals surface area contributed by atoms with E-state index in [-0.39, 0.29) is 23.5 Å². The van der Waals surface area contributed by atoms with Crippen LogP contribution in [0, 0.1) is 17.2 Å². The van der Waals surface area contributed by atoms with E-state index in [4.69, 9.17) is 9.15 Å². The first kappa shape index (κ1) is 31.1. The van der Waals surface area contributed by atoms with Gasteiger partial charge < -0.3 is 14.5 Å². The number of hydrogen-bond donors (Lipinski definition) is 2. The molecule has 2 aromatic carbocycles. The van der Waals surface area contributed by atoms with Crippen LogP contribution in [0.1, 0.15) is 65.5 Å². The summed E-state index contributed by atoms with van der Waals surface area (Å²) in [7, 11) is 0. The number of nitrogens with zero attached hydrogens (tertiary/aromatic N) is 3. The largest absolute Gasteiger partial charge is 0.456 e. The summed E-state index contributed by atoms with van der Waals surface area (Å²) >= 11 is 0. The highest BCUT2D eigenvalue weighted by molar-refractivity contribution is 6.06. The summed E-state index contributed by atoms with van der Waals surface area (Å²) in [5.74, 6) is -0.702. The van der Waals surface area contributed by atoms with E-state index in [2.05, 4.69) is 15.7 Å². The fourth-order valence-corrected chi connectivity index (χ4v) is 5.05. The van der Waals surface area contributed by atoms with Crippen molar-refractivity contribution in [3.63, 3.8) is 0 Å². The van der Waals surface area contributed by atoms with Gasteiger partial charge in [-0.25, -0.2) is 4.79 Å². The van der Waals surface area contributed by atoms with Gasteiger partial charge in [0.05, 0.1) is 18.3 Å². The number of carbonyl (C=O) groups excluding carboxylic acids is 2. The second-order valence-electron chi connectivity index (χ2n) is 12.7. The zero-order chi connectivity index (χ0) is 32.0. The summed E-state index contributed by atoms with van der Waals surface area (Å²) in [5.41, 5.74) is 0.302. The first-order valence-electron chi connectivity index (χ1n) is 14.4. The van der Waals surface area contributed by atoms with Gasteiger partial charge in [-0.15, -0.1) is 0 Å². The fourth-order valence-electron chi connectivity index (χ4n) is 5.05. The number of alkyl halides is 3. The van der Waals surface area contributed by atoms with Crippen molar-refractivity contribution in [2.75, 3.05) is 0 Å². The third-order valence-corrected chi connectivity index (χ3v) is 7.37. The van der Waals surface area contributed by atoms with Crippen LogP contribution in [0.15, 0.2) is 53.2 Å². The summed E-state index contributed by atoms with van der Waals surface area (Å²) in [5, 5.41) is 19.9. The molecule has 4 aromatic rings. The van der Waals surface area contributed by atoms with Crippen molar-refractivity contribution in [2.45, 2.75) is 83.3 Å². The van der Waals surface area contributed by atoms with E-state index < -0.39 is 41.4 Å². The highest BCUT2D eigenvalue weighted by Gasteiger charge is 2.47. The van der Waals surface area contributed by atoms with Crippen molar-refractivity contribution in [2.24, 2.45) is 5.92 Å². The second-order valence-corrected chi connectivity index (χ2v) is 12.7. The van der Waals surface area contributed by atoms with Crippen LogP contribution in [0.4, 0.5) is 18.0 Å². The van der Waals surface area contributed by atoms with Crippen LogP contribution in [0.2, 0.25) is 0 Å².